The van der Waals surface area contributed by atoms with Gasteiger partial charge in [-0.2, -0.15) is 0 Å². The first kappa shape index (κ1) is 12.7. The van der Waals surface area contributed by atoms with Crippen LogP contribution in [-0.2, 0) is 0 Å². The van der Waals surface area contributed by atoms with Crippen molar-refractivity contribution in [2.24, 2.45) is 0 Å². The predicted molar refractivity (Wildman–Crippen MR) is 67.9 cm³/mol. The molecule has 0 unspecified atom stereocenters. The van der Waals surface area contributed by atoms with Crippen molar-refractivity contribution < 1.29 is 9.50 Å². The molecule has 0 heterocycles. The maximum Gasteiger partial charge on any atom is 0.125 e. The van der Waals surface area contributed by atoms with Crippen LogP contribution in [0.1, 0.15) is 32.1 Å². The topological polar surface area (TPSA) is 32.3 Å². The number of nitrogens with one attached hydrogen (secondary N) is 1. The lowest BCUT2D eigenvalue weighted by atomic mass is 9.85. The molecule has 0 atom stereocenters. The monoisotopic (exact) mass is 257 g/mol. The van der Waals surface area contributed by atoms with Crippen molar-refractivity contribution in [3.05, 3.63) is 29.0 Å². The van der Waals surface area contributed by atoms with Gasteiger partial charge >= 0.3 is 0 Å². The average molecular weight is 258 g/mol. The molecule has 0 amide bonds. The number of halogens is 2. The fourth-order valence-corrected chi connectivity index (χ4v) is 2.46. The molecule has 1 fully saturated rings. The van der Waals surface area contributed by atoms with Gasteiger partial charge in [-0.1, -0.05) is 30.9 Å². The van der Waals surface area contributed by atoms with Gasteiger partial charge in [-0.3, -0.25) is 0 Å². The summed E-state index contributed by atoms with van der Waals surface area (Å²) in [4.78, 5) is 0. The Morgan fingerprint density at radius 3 is 2.71 bits per heavy atom. The highest BCUT2D eigenvalue weighted by Crippen LogP contribution is 2.29. The molecule has 1 aromatic carbocycles. The van der Waals surface area contributed by atoms with Crippen LogP contribution >= 0.6 is 11.6 Å². The van der Waals surface area contributed by atoms with Crippen molar-refractivity contribution >= 4 is 17.3 Å². The zero-order valence-corrected chi connectivity index (χ0v) is 10.4. The summed E-state index contributed by atoms with van der Waals surface area (Å²) >= 11 is 5.95. The molecule has 0 bridgehead atoms. The third kappa shape index (κ3) is 3.33. The second-order valence-electron chi connectivity index (χ2n) is 4.76. The molecule has 2 nitrogen and oxygen atoms in total. The van der Waals surface area contributed by atoms with Crippen LogP contribution in [0.2, 0.25) is 5.02 Å². The number of anilines is 1. The van der Waals surface area contributed by atoms with E-state index in [1.807, 2.05) is 0 Å². The molecule has 0 aromatic heterocycles. The summed E-state index contributed by atoms with van der Waals surface area (Å²) < 4.78 is 13.0. The van der Waals surface area contributed by atoms with E-state index in [0.717, 1.165) is 25.7 Å². The number of rotatable bonds is 3. The molecule has 0 radical (unpaired) electrons. The molecule has 0 aliphatic heterocycles. The summed E-state index contributed by atoms with van der Waals surface area (Å²) in [7, 11) is 0. The highest BCUT2D eigenvalue weighted by Gasteiger charge is 2.28. The lowest BCUT2D eigenvalue weighted by Gasteiger charge is -2.32. The molecular weight excluding hydrogens is 241 g/mol. The third-order valence-corrected chi connectivity index (χ3v) is 3.65. The van der Waals surface area contributed by atoms with E-state index in [1.165, 1.54) is 24.6 Å². The predicted octanol–water partition coefficient (Wildman–Crippen LogP) is 3.59. The second-order valence-corrected chi connectivity index (χ2v) is 5.17. The van der Waals surface area contributed by atoms with Gasteiger partial charge in [0.05, 0.1) is 16.3 Å². The molecule has 0 saturated heterocycles. The number of aliphatic hydroxyl groups is 1. The molecule has 2 N–H and O–H groups in total. The minimum Gasteiger partial charge on any atom is -0.388 e. The Bertz CT molecular complexity index is 391. The Hall–Kier alpha value is -0.800. The van der Waals surface area contributed by atoms with Crippen LogP contribution in [0.15, 0.2) is 18.2 Å². The Kier molecular flexibility index (Phi) is 3.89. The summed E-state index contributed by atoms with van der Waals surface area (Å²) in [5, 5.41) is 13.8. The fourth-order valence-electron chi connectivity index (χ4n) is 2.28. The standard InChI is InChI=1S/C13H17ClFNO/c14-11-5-4-10(15)8-12(11)16-9-13(17)6-2-1-3-7-13/h4-5,8,16-17H,1-3,6-7,9H2. The first-order chi connectivity index (χ1) is 8.09. The van der Waals surface area contributed by atoms with Crippen LogP contribution in [0.5, 0.6) is 0 Å². The van der Waals surface area contributed by atoms with Gasteiger partial charge in [0.1, 0.15) is 5.82 Å². The fraction of sp³-hybridized carbons (Fsp3) is 0.538. The van der Waals surface area contributed by atoms with Gasteiger partial charge in [0, 0.05) is 6.54 Å². The summed E-state index contributed by atoms with van der Waals surface area (Å²) in [6.45, 7) is 0.427. The van der Waals surface area contributed by atoms with Gasteiger partial charge in [-0.05, 0) is 31.0 Å². The van der Waals surface area contributed by atoms with Crippen LogP contribution in [-0.4, -0.2) is 17.3 Å². The number of benzene rings is 1. The van der Waals surface area contributed by atoms with Gasteiger partial charge in [-0.15, -0.1) is 0 Å². The summed E-state index contributed by atoms with van der Waals surface area (Å²) in [6.07, 6.45) is 4.88. The van der Waals surface area contributed by atoms with Gasteiger partial charge in [0.25, 0.3) is 0 Å². The Labute approximate surface area is 106 Å². The normalized spacial score (nSPS) is 19.0. The molecule has 0 spiro atoms. The van der Waals surface area contributed by atoms with Crippen LogP contribution in [0.25, 0.3) is 0 Å². The van der Waals surface area contributed by atoms with Crippen molar-refractivity contribution in [2.45, 2.75) is 37.7 Å². The van der Waals surface area contributed by atoms with E-state index in [0.29, 0.717) is 17.3 Å². The van der Waals surface area contributed by atoms with Crippen LogP contribution < -0.4 is 5.32 Å². The van der Waals surface area contributed by atoms with Gasteiger partial charge in [-0.25, -0.2) is 4.39 Å². The van der Waals surface area contributed by atoms with Crippen molar-refractivity contribution in [3.63, 3.8) is 0 Å². The minimum absolute atomic E-state index is 0.326. The maximum absolute atomic E-state index is 13.0. The molecule has 2 rings (SSSR count). The molecule has 1 aliphatic rings. The third-order valence-electron chi connectivity index (χ3n) is 3.32. The highest BCUT2D eigenvalue weighted by atomic mass is 35.5. The number of hydrogen-bond donors (Lipinski definition) is 2. The van der Waals surface area contributed by atoms with Crippen LogP contribution in [0.4, 0.5) is 10.1 Å². The van der Waals surface area contributed by atoms with E-state index < -0.39 is 5.60 Å². The van der Waals surface area contributed by atoms with Crippen molar-refractivity contribution in [3.8, 4) is 0 Å². The Balaban J connectivity index is 1.99. The summed E-state index contributed by atoms with van der Waals surface area (Å²) in [5.41, 5.74) is -0.126. The average Bonchev–Trinajstić information content (AvgIpc) is 2.31. The van der Waals surface area contributed by atoms with Crippen LogP contribution in [0.3, 0.4) is 0 Å². The van der Waals surface area contributed by atoms with E-state index in [9.17, 15) is 9.50 Å². The van der Waals surface area contributed by atoms with Gasteiger partial charge in [0.15, 0.2) is 0 Å². The molecule has 17 heavy (non-hydrogen) atoms. The molecule has 4 heteroatoms. The van der Waals surface area contributed by atoms with Gasteiger partial charge < -0.3 is 10.4 Å². The maximum atomic E-state index is 13.0. The van der Waals surface area contributed by atoms with Crippen molar-refractivity contribution in [1.82, 2.24) is 0 Å². The number of hydrogen-bond acceptors (Lipinski definition) is 2. The van der Waals surface area contributed by atoms with E-state index in [1.54, 1.807) is 0 Å². The lowest BCUT2D eigenvalue weighted by molar-refractivity contribution is 0.0167. The molecule has 94 valence electrons. The highest BCUT2D eigenvalue weighted by molar-refractivity contribution is 6.33. The largest absolute Gasteiger partial charge is 0.388 e. The first-order valence-electron chi connectivity index (χ1n) is 6.00. The minimum atomic E-state index is -0.673. The Morgan fingerprint density at radius 1 is 1.29 bits per heavy atom. The van der Waals surface area contributed by atoms with E-state index in [2.05, 4.69) is 5.32 Å². The van der Waals surface area contributed by atoms with E-state index in [-0.39, 0.29) is 5.82 Å². The first-order valence-corrected chi connectivity index (χ1v) is 6.38. The van der Waals surface area contributed by atoms with Crippen molar-refractivity contribution in [1.29, 1.82) is 0 Å². The summed E-state index contributed by atoms with van der Waals surface area (Å²) in [5.74, 6) is -0.326. The smallest absolute Gasteiger partial charge is 0.125 e. The van der Waals surface area contributed by atoms with E-state index >= 15 is 0 Å². The Morgan fingerprint density at radius 2 is 2.00 bits per heavy atom. The van der Waals surface area contributed by atoms with E-state index in [4.69, 9.17) is 11.6 Å². The van der Waals surface area contributed by atoms with Gasteiger partial charge in [0.2, 0.25) is 0 Å². The molecular formula is C13H17ClFNO. The summed E-state index contributed by atoms with van der Waals surface area (Å²) in [6, 6.07) is 4.20. The molecule has 1 saturated carbocycles. The quantitative estimate of drug-likeness (QED) is 0.867. The van der Waals surface area contributed by atoms with Crippen LogP contribution in [0, 0.1) is 5.82 Å². The zero-order valence-electron chi connectivity index (χ0n) is 9.68. The molecule has 1 aliphatic carbocycles. The second kappa shape index (κ2) is 5.23. The zero-order chi connectivity index (χ0) is 12.3. The van der Waals surface area contributed by atoms with Crippen molar-refractivity contribution in [2.75, 3.05) is 11.9 Å². The SMILES string of the molecule is OC1(CNc2cc(F)ccc2Cl)CCCCC1. The lowest BCUT2D eigenvalue weighted by Crippen LogP contribution is -2.38. The molecule has 1 aromatic rings.